The van der Waals surface area contributed by atoms with Crippen molar-refractivity contribution in [2.75, 3.05) is 19.8 Å². The smallest absolute Gasteiger partial charge is 0.481 e. The fourth-order valence-corrected chi connectivity index (χ4v) is 4.14. The maximum atomic E-state index is 9.64. The highest BCUT2D eigenvalue weighted by molar-refractivity contribution is 6.60. The Morgan fingerprint density at radius 2 is 1.14 bits per heavy atom. The molecule has 126 valence electrons. The lowest BCUT2D eigenvalue weighted by Gasteiger charge is -2.27. The second-order valence-corrected chi connectivity index (χ2v) is 6.75. The summed E-state index contributed by atoms with van der Waals surface area (Å²) in [5.74, 6) is -2.15. The molecule has 8 heteroatoms. The van der Waals surface area contributed by atoms with E-state index in [9.17, 15) is 9.59 Å². The molecule has 21 heavy (non-hydrogen) atoms. The van der Waals surface area contributed by atoms with Crippen molar-refractivity contribution >= 4 is 20.7 Å². The molecule has 0 atom stereocenters. The maximum Gasteiger partial charge on any atom is 0.500 e. The van der Waals surface area contributed by atoms with Crippen LogP contribution in [0.15, 0.2) is 0 Å². The Kier molecular flexibility index (Phi) is 14.9. The molecule has 0 fully saturated rings. The summed E-state index contributed by atoms with van der Waals surface area (Å²) in [5, 5.41) is 15.8. The molecule has 0 aromatic carbocycles. The summed E-state index contributed by atoms with van der Waals surface area (Å²) in [6.07, 6.45) is 0.455. The van der Waals surface area contributed by atoms with Crippen molar-refractivity contribution in [2.45, 2.75) is 53.0 Å². The summed E-state index contributed by atoms with van der Waals surface area (Å²) in [5.41, 5.74) is 0. The van der Waals surface area contributed by atoms with Gasteiger partial charge in [0.05, 0.1) is 12.8 Å². The zero-order chi connectivity index (χ0) is 16.7. The van der Waals surface area contributed by atoms with E-state index < -0.39 is 20.7 Å². The molecule has 0 amide bonds. The van der Waals surface area contributed by atoms with Crippen LogP contribution in [-0.2, 0) is 22.9 Å². The van der Waals surface area contributed by atoms with Gasteiger partial charge in [0.1, 0.15) is 0 Å². The molecular weight excluding hydrogens is 296 g/mol. The van der Waals surface area contributed by atoms with Crippen LogP contribution >= 0.6 is 0 Å². The van der Waals surface area contributed by atoms with Crippen LogP contribution in [0.1, 0.15) is 47.0 Å². The average Bonchev–Trinajstić information content (AvgIpc) is 2.38. The van der Waals surface area contributed by atoms with E-state index in [0.717, 1.165) is 12.5 Å². The first-order chi connectivity index (χ1) is 9.87. The van der Waals surface area contributed by atoms with E-state index in [1.54, 1.807) is 0 Å². The van der Waals surface area contributed by atoms with Gasteiger partial charge in [-0.1, -0.05) is 13.3 Å². The highest BCUT2D eigenvalue weighted by Crippen LogP contribution is 2.17. The molecule has 2 N–H and O–H groups in total. The van der Waals surface area contributed by atoms with Crippen LogP contribution in [0, 0.1) is 0 Å². The standard InChI is InChI=1S/C9H22O3Si.C4H6O4/c1-5-9-13(10-6-2,11-7-3)12-8-4;5-3(6)1-2-4(7)8/h5-9H2,1-4H3;1-2H2,(H,5,6)(H,7,8). The van der Waals surface area contributed by atoms with Crippen molar-refractivity contribution in [3.63, 3.8) is 0 Å². The van der Waals surface area contributed by atoms with Gasteiger partial charge in [0, 0.05) is 25.9 Å². The van der Waals surface area contributed by atoms with Crippen LogP contribution in [-0.4, -0.2) is 50.8 Å². The molecule has 0 bridgehead atoms. The highest BCUT2D eigenvalue weighted by Gasteiger charge is 2.38. The third-order valence-electron chi connectivity index (χ3n) is 2.20. The van der Waals surface area contributed by atoms with Gasteiger partial charge in [-0.25, -0.2) is 0 Å². The third-order valence-corrected chi connectivity index (χ3v) is 5.50. The van der Waals surface area contributed by atoms with E-state index >= 15 is 0 Å². The molecule has 0 aliphatic carbocycles. The summed E-state index contributed by atoms with van der Waals surface area (Å²) in [4.78, 5) is 19.3. The predicted octanol–water partition coefficient (Wildman–Crippen LogP) is 2.38. The van der Waals surface area contributed by atoms with Crippen molar-refractivity contribution < 1.29 is 33.1 Å². The first-order valence-corrected chi connectivity index (χ1v) is 9.15. The molecule has 7 nitrogen and oxygen atoms in total. The number of hydrogen-bond acceptors (Lipinski definition) is 5. The zero-order valence-electron chi connectivity index (χ0n) is 13.4. The Morgan fingerprint density at radius 3 is 1.33 bits per heavy atom. The van der Waals surface area contributed by atoms with Gasteiger partial charge in [0.25, 0.3) is 0 Å². The summed E-state index contributed by atoms with van der Waals surface area (Å²) < 4.78 is 16.9. The molecule has 0 saturated carbocycles. The van der Waals surface area contributed by atoms with Crippen molar-refractivity contribution in [3.05, 3.63) is 0 Å². The largest absolute Gasteiger partial charge is 0.500 e. The second kappa shape index (κ2) is 14.0. The third kappa shape index (κ3) is 13.8. The molecule has 0 aliphatic rings. The Bertz CT molecular complexity index is 240. The Hall–Kier alpha value is -0.963. The van der Waals surface area contributed by atoms with Crippen LogP contribution < -0.4 is 0 Å². The van der Waals surface area contributed by atoms with Gasteiger partial charge < -0.3 is 23.5 Å². The van der Waals surface area contributed by atoms with Gasteiger partial charge in [-0.15, -0.1) is 0 Å². The molecule has 0 heterocycles. The van der Waals surface area contributed by atoms with Gasteiger partial charge in [-0.2, -0.15) is 0 Å². The number of carbonyl (C=O) groups is 2. The summed E-state index contributed by atoms with van der Waals surface area (Å²) in [6.45, 7) is 10.1. The van der Waals surface area contributed by atoms with Gasteiger partial charge in [0.15, 0.2) is 0 Å². The number of carboxylic acids is 2. The van der Waals surface area contributed by atoms with Gasteiger partial charge in [-0.05, 0) is 20.8 Å². The van der Waals surface area contributed by atoms with E-state index in [1.807, 2.05) is 20.8 Å². The zero-order valence-corrected chi connectivity index (χ0v) is 14.4. The van der Waals surface area contributed by atoms with Gasteiger partial charge >= 0.3 is 20.7 Å². The predicted molar refractivity (Wildman–Crippen MR) is 80.2 cm³/mol. The van der Waals surface area contributed by atoms with Crippen molar-refractivity contribution in [3.8, 4) is 0 Å². The van der Waals surface area contributed by atoms with Crippen LogP contribution in [0.3, 0.4) is 0 Å². The quantitative estimate of drug-likeness (QED) is 0.562. The molecule has 0 spiro atoms. The second-order valence-electron chi connectivity index (χ2n) is 4.02. The van der Waals surface area contributed by atoms with Crippen LogP contribution in [0.2, 0.25) is 6.04 Å². The number of rotatable bonds is 11. The van der Waals surface area contributed by atoms with Gasteiger partial charge in [0.2, 0.25) is 0 Å². The van der Waals surface area contributed by atoms with E-state index in [0.29, 0.717) is 19.8 Å². The molecule has 0 aromatic rings. The first kappa shape index (κ1) is 22.3. The van der Waals surface area contributed by atoms with Crippen LogP contribution in [0.25, 0.3) is 0 Å². The van der Waals surface area contributed by atoms with Crippen molar-refractivity contribution in [1.29, 1.82) is 0 Å². The Morgan fingerprint density at radius 1 is 0.810 bits per heavy atom. The lowest BCUT2D eigenvalue weighted by atomic mass is 10.3. The molecule has 0 unspecified atom stereocenters. The topological polar surface area (TPSA) is 102 Å². The minimum absolute atomic E-state index is 0.296. The molecule has 0 aromatic heterocycles. The summed E-state index contributed by atoms with van der Waals surface area (Å²) in [7, 11) is -2.30. The summed E-state index contributed by atoms with van der Waals surface area (Å²) >= 11 is 0. The monoisotopic (exact) mass is 324 g/mol. The highest BCUT2D eigenvalue weighted by atomic mass is 28.4. The maximum absolute atomic E-state index is 9.64. The van der Waals surface area contributed by atoms with E-state index in [-0.39, 0.29) is 12.8 Å². The SMILES string of the molecule is CCC[Si](OCC)(OCC)OCC.O=C(O)CCC(=O)O. The van der Waals surface area contributed by atoms with Gasteiger partial charge in [-0.3, -0.25) is 9.59 Å². The van der Waals surface area contributed by atoms with Crippen molar-refractivity contribution in [1.82, 2.24) is 0 Å². The number of aliphatic carboxylic acids is 2. The van der Waals surface area contributed by atoms with Crippen LogP contribution in [0.5, 0.6) is 0 Å². The molecule has 0 rings (SSSR count). The van der Waals surface area contributed by atoms with E-state index in [1.165, 1.54) is 0 Å². The molecule has 0 saturated heterocycles. The molecule has 0 aliphatic heterocycles. The normalized spacial score (nSPS) is 10.7. The average molecular weight is 324 g/mol. The number of carboxylic acid groups (broad SMARTS) is 2. The molecular formula is C13H28O7Si. The lowest BCUT2D eigenvalue weighted by Crippen LogP contribution is -2.45. The first-order valence-electron chi connectivity index (χ1n) is 7.22. The fourth-order valence-electron chi connectivity index (χ4n) is 1.52. The summed E-state index contributed by atoms with van der Waals surface area (Å²) in [6, 6.07) is 0.919. The van der Waals surface area contributed by atoms with Crippen molar-refractivity contribution in [2.24, 2.45) is 0 Å². The van der Waals surface area contributed by atoms with E-state index in [2.05, 4.69) is 6.92 Å². The minimum Gasteiger partial charge on any atom is -0.481 e. The van der Waals surface area contributed by atoms with E-state index in [4.69, 9.17) is 23.5 Å². The Balaban J connectivity index is 0. The fraction of sp³-hybridized carbons (Fsp3) is 0.846. The van der Waals surface area contributed by atoms with Crippen LogP contribution in [0.4, 0.5) is 0 Å². The molecule has 0 radical (unpaired) electrons. The minimum atomic E-state index is -2.30. The Labute approximate surface area is 127 Å². The lowest BCUT2D eigenvalue weighted by molar-refractivity contribution is -0.143. The number of hydrogen-bond donors (Lipinski definition) is 2.